The molecule has 1 aliphatic carbocycles. The lowest BCUT2D eigenvalue weighted by atomic mass is 10.0. The third-order valence-corrected chi connectivity index (χ3v) is 5.37. The highest BCUT2D eigenvalue weighted by molar-refractivity contribution is 5.76. The van der Waals surface area contributed by atoms with Crippen molar-refractivity contribution in [1.29, 1.82) is 0 Å². The van der Waals surface area contributed by atoms with Crippen LogP contribution in [0.5, 0.6) is 5.75 Å². The molecule has 1 aliphatic rings. The lowest BCUT2D eigenvalue weighted by Crippen LogP contribution is -2.33. The molecule has 0 aliphatic heterocycles. The number of benzene rings is 2. The van der Waals surface area contributed by atoms with Gasteiger partial charge in [0.05, 0.1) is 12.1 Å². The van der Waals surface area contributed by atoms with Crippen molar-refractivity contribution in [3.05, 3.63) is 65.2 Å². The predicted molar refractivity (Wildman–Crippen MR) is 105 cm³/mol. The van der Waals surface area contributed by atoms with Gasteiger partial charge in [-0.25, -0.2) is 0 Å². The SMILES string of the molecule is CN(C)[C@H](CCC(=O)NC1CC(O)c2ccccc21)Cc1ccc(O)cc1. The van der Waals surface area contributed by atoms with Gasteiger partial charge in [0.25, 0.3) is 0 Å². The zero-order valence-electron chi connectivity index (χ0n) is 15.9. The maximum atomic E-state index is 12.5. The first kappa shape index (κ1) is 19.4. The summed E-state index contributed by atoms with van der Waals surface area (Å²) < 4.78 is 0. The molecule has 0 saturated carbocycles. The number of carbonyl (C=O) groups is 1. The largest absolute Gasteiger partial charge is 0.508 e. The Hall–Kier alpha value is -2.37. The van der Waals surface area contributed by atoms with E-state index in [1.54, 1.807) is 12.1 Å². The molecule has 5 nitrogen and oxygen atoms in total. The molecule has 5 heteroatoms. The first-order valence-electron chi connectivity index (χ1n) is 9.44. The van der Waals surface area contributed by atoms with Crippen LogP contribution in [0.1, 0.15) is 48.1 Å². The molecule has 2 aromatic rings. The van der Waals surface area contributed by atoms with E-state index in [0.717, 1.165) is 29.5 Å². The van der Waals surface area contributed by atoms with Crippen LogP contribution in [0.4, 0.5) is 0 Å². The van der Waals surface area contributed by atoms with Crippen LogP contribution in [0, 0.1) is 0 Å². The summed E-state index contributed by atoms with van der Waals surface area (Å²) >= 11 is 0. The third kappa shape index (κ3) is 4.87. The van der Waals surface area contributed by atoms with Crippen molar-refractivity contribution in [2.45, 2.75) is 43.9 Å². The Morgan fingerprint density at radius 2 is 1.81 bits per heavy atom. The summed E-state index contributed by atoms with van der Waals surface area (Å²) in [5.41, 5.74) is 3.08. The van der Waals surface area contributed by atoms with Crippen molar-refractivity contribution in [3.63, 3.8) is 0 Å². The number of hydrogen-bond acceptors (Lipinski definition) is 4. The summed E-state index contributed by atoms with van der Waals surface area (Å²) in [5, 5.41) is 22.7. The normalized spacial score (nSPS) is 19.7. The number of aliphatic hydroxyl groups is 1. The molecule has 0 fully saturated rings. The minimum absolute atomic E-state index is 0.0152. The zero-order chi connectivity index (χ0) is 19.4. The topological polar surface area (TPSA) is 72.8 Å². The van der Waals surface area contributed by atoms with E-state index >= 15 is 0 Å². The van der Waals surface area contributed by atoms with Gasteiger partial charge in [-0.05, 0) is 55.8 Å². The number of rotatable bonds is 7. The molecule has 0 spiro atoms. The zero-order valence-corrected chi connectivity index (χ0v) is 15.9. The number of nitrogens with one attached hydrogen (secondary N) is 1. The highest BCUT2D eigenvalue weighted by atomic mass is 16.3. The van der Waals surface area contributed by atoms with Gasteiger partial charge in [0.1, 0.15) is 5.75 Å². The average Bonchev–Trinajstić information content (AvgIpc) is 2.96. The fourth-order valence-electron chi connectivity index (χ4n) is 3.76. The molecular formula is C22H28N2O3. The second kappa shape index (κ2) is 8.55. The van der Waals surface area contributed by atoms with Gasteiger partial charge in [0.15, 0.2) is 0 Å². The summed E-state index contributed by atoms with van der Waals surface area (Å²) in [6, 6.07) is 15.1. The monoisotopic (exact) mass is 368 g/mol. The van der Waals surface area contributed by atoms with Crippen molar-refractivity contribution in [3.8, 4) is 5.75 Å². The number of nitrogens with zero attached hydrogens (tertiary/aromatic N) is 1. The number of hydrogen-bond donors (Lipinski definition) is 3. The van der Waals surface area contributed by atoms with Crippen LogP contribution in [-0.4, -0.2) is 41.2 Å². The van der Waals surface area contributed by atoms with Gasteiger partial charge in [0.2, 0.25) is 5.91 Å². The standard InChI is InChI=1S/C22H28N2O3/c1-24(2)16(13-15-7-10-17(25)11-8-15)9-12-22(27)23-20-14-21(26)19-6-4-3-5-18(19)20/h3-8,10-11,16,20-21,25-26H,9,12-14H2,1-2H3,(H,23,27)/t16-,20?,21?/m1/s1. The lowest BCUT2D eigenvalue weighted by Gasteiger charge is -2.24. The summed E-state index contributed by atoms with van der Waals surface area (Å²) in [6.45, 7) is 0. The van der Waals surface area contributed by atoms with E-state index in [4.69, 9.17) is 0 Å². The van der Waals surface area contributed by atoms with Gasteiger partial charge in [0, 0.05) is 18.9 Å². The first-order valence-corrected chi connectivity index (χ1v) is 9.44. The molecule has 0 radical (unpaired) electrons. The second-order valence-corrected chi connectivity index (χ2v) is 7.53. The molecule has 1 amide bonds. The number of amides is 1. The Balaban J connectivity index is 1.55. The molecule has 3 atom stereocenters. The molecule has 0 bridgehead atoms. The Morgan fingerprint density at radius 3 is 2.48 bits per heavy atom. The molecule has 144 valence electrons. The van der Waals surface area contributed by atoms with Gasteiger partial charge in [-0.15, -0.1) is 0 Å². The fraction of sp³-hybridized carbons (Fsp3) is 0.409. The van der Waals surface area contributed by atoms with E-state index in [1.165, 1.54) is 0 Å². The van der Waals surface area contributed by atoms with Crippen LogP contribution < -0.4 is 5.32 Å². The number of likely N-dealkylation sites (N-methyl/N-ethyl adjacent to an activating group) is 1. The van der Waals surface area contributed by atoms with Crippen molar-refractivity contribution in [1.82, 2.24) is 10.2 Å². The van der Waals surface area contributed by atoms with E-state index in [2.05, 4.69) is 10.2 Å². The van der Waals surface area contributed by atoms with E-state index in [0.29, 0.717) is 12.8 Å². The molecule has 0 saturated heterocycles. The molecule has 2 aromatic carbocycles. The van der Waals surface area contributed by atoms with E-state index < -0.39 is 6.10 Å². The van der Waals surface area contributed by atoms with Crippen LogP contribution in [0.25, 0.3) is 0 Å². The van der Waals surface area contributed by atoms with Gasteiger partial charge in [-0.2, -0.15) is 0 Å². The highest BCUT2D eigenvalue weighted by Gasteiger charge is 2.30. The lowest BCUT2D eigenvalue weighted by molar-refractivity contribution is -0.122. The van der Waals surface area contributed by atoms with Crippen LogP contribution >= 0.6 is 0 Å². The highest BCUT2D eigenvalue weighted by Crippen LogP contribution is 2.38. The Kier molecular flexibility index (Phi) is 6.14. The molecule has 0 heterocycles. The summed E-state index contributed by atoms with van der Waals surface area (Å²) in [5.74, 6) is 0.278. The van der Waals surface area contributed by atoms with Gasteiger partial charge in [-0.1, -0.05) is 36.4 Å². The Bertz CT molecular complexity index is 773. The van der Waals surface area contributed by atoms with Crippen LogP contribution in [0.15, 0.2) is 48.5 Å². The quantitative estimate of drug-likeness (QED) is 0.703. The molecule has 0 aromatic heterocycles. The van der Waals surface area contributed by atoms with Crippen molar-refractivity contribution >= 4 is 5.91 Å². The van der Waals surface area contributed by atoms with Gasteiger partial charge >= 0.3 is 0 Å². The van der Waals surface area contributed by atoms with Crippen LogP contribution in [0.2, 0.25) is 0 Å². The third-order valence-electron chi connectivity index (χ3n) is 5.37. The molecule has 3 rings (SSSR count). The molecule has 3 N–H and O–H groups in total. The van der Waals surface area contributed by atoms with E-state index in [1.807, 2.05) is 50.5 Å². The Morgan fingerprint density at radius 1 is 1.15 bits per heavy atom. The van der Waals surface area contributed by atoms with Crippen molar-refractivity contribution in [2.24, 2.45) is 0 Å². The maximum absolute atomic E-state index is 12.5. The summed E-state index contributed by atoms with van der Waals surface area (Å²) in [7, 11) is 4.04. The van der Waals surface area contributed by atoms with Crippen LogP contribution in [0.3, 0.4) is 0 Å². The van der Waals surface area contributed by atoms with E-state index in [9.17, 15) is 15.0 Å². The van der Waals surface area contributed by atoms with Gasteiger partial charge in [-0.3, -0.25) is 4.79 Å². The summed E-state index contributed by atoms with van der Waals surface area (Å²) in [4.78, 5) is 14.6. The van der Waals surface area contributed by atoms with E-state index in [-0.39, 0.29) is 23.7 Å². The molecule has 2 unspecified atom stereocenters. The van der Waals surface area contributed by atoms with Crippen molar-refractivity contribution < 1.29 is 15.0 Å². The smallest absolute Gasteiger partial charge is 0.220 e. The average molecular weight is 368 g/mol. The Labute approximate surface area is 160 Å². The maximum Gasteiger partial charge on any atom is 0.220 e. The number of fused-ring (bicyclic) bond motifs is 1. The minimum Gasteiger partial charge on any atom is -0.508 e. The minimum atomic E-state index is -0.504. The van der Waals surface area contributed by atoms with Gasteiger partial charge < -0.3 is 20.4 Å². The number of phenols is 1. The number of aliphatic hydroxyl groups excluding tert-OH is 1. The second-order valence-electron chi connectivity index (χ2n) is 7.53. The predicted octanol–water partition coefficient (Wildman–Crippen LogP) is 2.94. The molecule has 27 heavy (non-hydrogen) atoms. The summed E-state index contributed by atoms with van der Waals surface area (Å²) in [6.07, 6.45) is 2.05. The number of phenolic OH excluding ortho intramolecular Hbond substituents is 1. The fourth-order valence-corrected chi connectivity index (χ4v) is 3.76. The van der Waals surface area contributed by atoms with Crippen LogP contribution in [-0.2, 0) is 11.2 Å². The first-order chi connectivity index (χ1) is 12.9. The molecular weight excluding hydrogens is 340 g/mol. The number of carbonyl (C=O) groups excluding carboxylic acids is 1. The van der Waals surface area contributed by atoms with Crippen molar-refractivity contribution in [2.75, 3.05) is 14.1 Å². The number of aromatic hydroxyl groups is 1.